The fourth-order valence-corrected chi connectivity index (χ4v) is 6.50. The smallest absolute Gasteiger partial charge is 0.328 e. The first kappa shape index (κ1) is 48.9. The molecule has 6 rings (SSSR count). The number of carboxylic acids is 6. The molecule has 62 heavy (non-hydrogen) atoms. The Balaban J connectivity index is 0.000000349. The number of benzene rings is 2. The molecule has 0 spiro atoms. The van der Waals surface area contributed by atoms with Gasteiger partial charge in [0.1, 0.15) is 29.3 Å². The predicted molar refractivity (Wildman–Crippen MR) is 223 cm³/mol. The number of hydrogen-bond acceptors (Lipinski definition) is 13. The maximum atomic E-state index is 9.55. The number of carboxylic acid groups (broad SMARTS) is 6. The molecular weight excluding hydrogens is 812 g/mol. The van der Waals surface area contributed by atoms with Crippen molar-refractivity contribution in [1.82, 2.24) is 24.3 Å². The molecule has 0 amide bonds. The standard InChI is InChI=1S/C30H36N6O2.3C4H4O4/c1-37-21-34-15-17-35(18-16-34)23-9-11-24(12-10-23)36-19-27(28-29(31)32-20-33-30(28)36)22-7-13-26(14-8-22)38-25-5-3-2-4-6-25;3*5-3(6)1-2-4(7)8/h2-8,13-14,19-20,23-24H,9-12,15-18,21H2,1H3,(H2,31,32,33);3*1-2H,(H,5,6)(H,7,8)/b;3*2-1-. The minimum atomic E-state index is -1.26. The number of para-hydroxylation sites is 1. The summed E-state index contributed by atoms with van der Waals surface area (Å²) in [7, 11) is 1.78. The number of fused-ring (bicyclic) bond motifs is 1. The van der Waals surface area contributed by atoms with E-state index >= 15 is 0 Å². The minimum absolute atomic E-state index is 0.410. The second-order valence-corrected chi connectivity index (χ2v) is 13.4. The van der Waals surface area contributed by atoms with Gasteiger partial charge in [0.2, 0.25) is 0 Å². The lowest BCUT2D eigenvalue weighted by atomic mass is 9.89. The lowest BCUT2D eigenvalue weighted by Gasteiger charge is -2.42. The van der Waals surface area contributed by atoms with Gasteiger partial charge in [0.15, 0.2) is 0 Å². The number of ether oxygens (including phenoxy) is 2. The van der Waals surface area contributed by atoms with E-state index in [-0.39, 0.29) is 0 Å². The van der Waals surface area contributed by atoms with Gasteiger partial charge in [-0.2, -0.15) is 0 Å². The van der Waals surface area contributed by atoms with Crippen molar-refractivity contribution in [2.24, 2.45) is 0 Å². The Hall–Kier alpha value is -7.42. The molecule has 2 aromatic heterocycles. The van der Waals surface area contributed by atoms with Crippen LogP contribution in [0.3, 0.4) is 0 Å². The summed E-state index contributed by atoms with van der Waals surface area (Å²) in [5.74, 6) is -5.40. The summed E-state index contributed by atoms with van der Waals surface area (Å²) in [6.07, 6.45) is 11.9. The van der Waals surface area contributed by atoms with E-state index in [0.29, 0.717) is 54.4 Å². The van der Waals surface area contributed by atoms with Crippen LogP contribution in [0.15, 0.2) is 104 Å². The zero-order valence-corrected chi connectivity index (χ0v) is 33.6. The van der Waals surface area contributed by atoms with Gasteiger partial charge in [-0.25, -0.2) is 38.7 Å². The third-order valence-electron chi connectivity index (χ3n) is 9.18. The first-order valence-electron chi connectivity index (χ1n) is 18.9. The number of nitrogens with two attached hydrogens (primary N) is 1. The van der Waals surface area contributed by atoms with Crippen LogP contribution >= 0.6 is 0 Å². The first-order chi connectivity index (χ1) is 29.6. The van der Waals surface area contributed by atoms with Crippen LogP contribution < -0.4 is 10.5 Å². The molecule has 8 N–H and O–H groups in total. The molecule has 330 valence electrons. The zero-order chi connectivity index (χ0) is 45.6. The van der Waals surface area contributed by atoms with Crippen molar-refractivity contribution < 1.29 is 68.9 Å². The van der Waals surface area contributed by atoms with Gasteiger partial charge in [-0.3, -0.25) is 9.80 Å². The Bertz CT molecular complexity index is 2080. The minimum Gasteiger partial charge on any atom is -0.478 e. The van der Waals surface area contributed by atoms with Gasteiger partial charge in [-0.15, -0.1) is 0 Å². The Kier molecular flexibility index (Phi) is 19.9. The number of nitrogen functional groups attached to an aromatic ring is 1. The summed E-state index contributed by atoms with van der Waals surface area (Å²) in [5.41, 5.74) is 9.49. The topological polar surface area (TPSA) is 305 Å². The molecule has 2 fully saturated rings. The number of methoxy groups -OCH3 is 1. The van der Waals surface area contributed by atoms with Crippen LogP contribution in [-0.4, -0.2) is 137 Å². The van der Waals surface area contributed by atoms with Gasteiger partial charge >= 0.3 is 35.8 Å². The molecule has 20 heteroatoms. The van der Waals surface area contributed by atoms with E-state index in [1.54, 1.807) is 13.4 Å². The first-order valence-corrected chi connectivity index (χ1v) is 18.9. The Morgan fingerprint density at radius 1 is 0.645 bits per heavy atom. The number of carbonyl (C=O) groups is 6. The quantitative estimate of drug-likeness (QED) is 0.0921. The van der Waals surface area contributed by atoms with Crippen LogP contribution in [0.4, 0.5) is 5.82 Å². The zero-order valence-electron chi connectivity index (χ0n) is 33.6. The van der Waals surface area contributed by atoms with Gasteiger partial charge in [0.25, 0.3) is 0 Å². The number of rotatable bonds is 13. The molecule has 2 aliphatic rings. The van der Waals surface area contributed by atoms with E-state index in [0.717, 1.165) is 79.4 Å². The van der Waals surface area contributed by atoms with E-state index in [4.69, 9.17) is 50.8 Å². The molecule has 2 aromatic carbocycles. The molecule has 1 saturated heterocycles. The summed E-state index contributed by atoms with van der Waals surface area (Å²) in [6, 6.07) is 19.1. The third-order valence-corrected chi connectivity index (χ3v) is 9.18. The van der Waals surface area contributed by atoms with Crippen LogP contribution in [0, 0.1) is 0 Å². The highest BCUT2D eigenvalue weighted by Crippen LogP contribution is 2.39. The number of piperazine rings is 1. The highest BCUT2D eigenvalue weighted by Gasteiger charge is 2.30. The van der Waals surface area contributed by atoms with Gasteiger partial charge in [0, 0.05) is 93.6 Å². The molecule has 1 saturated carbocycles. The van der Waals surface area contributed by atoms with Gasteiger partial charge in [-0.1, -0.05) is 30.3 Å². The number of aromatic nitrogens is 3. The second kappa shape index (κ2) is 25.3. The van der Waals surface area contributed by atoms with Gasteiger partial charge in [-0.05, 0) is 55.5 Å². The Labute approximate surface area is 355 Å². The predicted octanol–water partition coefficient (Wildman–Crippen LogP) is 4.31. The normalized spacial score (nSPS) is 16.6. The van der Waals surface area contributed by atoms with Crippen LogP contribution in [-0.2, 0) is 33.5 Å². The highest BCUT2D eigenvalue weighted by molar-refractivity contribution is 6.00. The summed E-state index contributed by atoms with van der Waals surface area (Å²) >= 11 is 0. The van der Waals surface area contributed by atoms with E-state index in [1.165, 1.54) is 12.8 Å². The average molecular weight is 861 g/mol. The van der Waals surface area contributed by atoms with E-state index in [2.05, 4.69) is 37.7 Å². The van der Waals surface area contributed by atoms with Crippen molar-refractivity contribution in [2.45, 2.75) is 37.8 Å². The maximum Gasteiger partial charge on any atom is 0.328 e. The molecule has 3 heterocycles. The van der Waals surface area contributed by atoms with Crippen LogP contribution in [0.5, 0.6) is 11.5 Å². The summed E-state index contributed by atoms with van der Waals surface area (Å²) in [5, 5.41) is 47.8. The Morgan fingerprint density at radius 2 is 1.10 bits per heavy atom. The highest BCUT2D eigenvalue weighted by atomic mass is 16.5. The summed E-state index contributed by atoms with van der Waals surface area (Å²) < 4.78 is 13.7. The molecule has 4 aromatic rings. The largest absolute Gasteiger partial charge is 0.478 e. The van der Waals surface area contributed by atoms with Gasteiger partial charge < -0.3 is 50.4 Å². The van der Waals surface area contributed by atoms with Crippen molar-refractivity contribution in [3.63, 3.8) is 0 Å². The third kappa shape index (κ3) is 17.0. The van der Waals surface area contributed by atoms with Gasteiger partial charge in [0.05, 0.1) is 12.1 Å². The molecule has 0 unspecified atom stereocenters. The number of hydrogen-bond donors (Lipinski definition) is 7. The lowest BCUT2D eigenvalue weighted by Crippen LogP contribution is -2.51. The molecule has 0 bridgehead atoms. The van der Waals surface area contributed by atoms with Crippen molar-refractivity contribution in [1.29, 1.82) is 0 Å². The van der Waals surface area contributed by atoms with E-state index in [9.17, 15) is 28.8 Å². The van der Waals surface area contributed by atoms with Crippen LogP contribution in [0.1, 0.15) is 31.7 Å². The Morgan fingerprint density at radius 3 is 1.55 bits per heavy atom. The van der Waals surface area contributed by atoms with Crippen LogP contribution in [0.25, 0.3) is 22.2 Å². The van der Waals surface area contributed by atoms with Crippen LogP contribution in [0.2, 0.25) is 0 Å². The number of anilines is 1. The number of aliphatic carboxylic acids is 6. The fourth-order valence-electron chi connectivity index (χ4n) is 6.50. The molecule has 0 atom stereocenters. The van der Waals surface area contributed by atoms with Crippen molar-refractivity contribution >= 4 is 52.7 Å². The van der Waals surface area contributed by atoms with Crippen molar-refractivity contribution in [3.05, 3.63) is 104 Å². The maximum absolute atomic E-state index is 9.55. The lowest BCUT2D eigenvalue weighted by molar-refractivity contribution is -0.134. The van der Waals surface area contributed by atoms with E-state index in [1.807, 2.05) is 42.5 Å². The molecule has 20 nitrogen and oxygen atoms in total. The average Bonchev–Trinajstić information content (AvgIpc) is 3.64. The molecule has 0 radical (unpaired) electrons. The molecule has 1 aliphatic carbocycles. The second-order valence-electron chi connectivity index (χ2n) is 13.4. The van der Waals surface area contributed by atoms with Crippen molar-refractivity contribution in [3.8, 4) is 22.6 Å². The number of nitrogens with zero attached hydrogens (tertiary/aromatic N) is 5. The summed E-state index contributed by atoms with van der Waals surface area (Å²) in [4.78, 5) is 71.4. The SMILES string of the molecule is COCN1CCN(C2CCC(n3cc(-c4ccc(Oc5ccccc5)cc4)c4c(N)ncnc43)CC2)CC1.O=C(O)/C=C\C(=O)O.O=C(O)/C=C\C(=O)O.O=C(O)/C=C\C(=O)O. The van der Waals surface area contributed by atoms with E-state index < -0.39 is 35.8 Å². The summed E-state index contributed by atoms with van der Waals surface area (Å²) in [6.45, 7) is 5.17. The van der Waals surface area contributed by atoms with Crippen molar-refractivity contribution in [2.75, 3.05) is 45.8 Å². The fraction of sp³-hybridized carbons (Fsp3) is 0.286. The molecule has 1 aliphatic heterocycles. The monoisotopic (exact) mass is 860 g/mol. The molecular formula is C42H48N6O14.